The van der Waals surface area contributed by atoms with Crippen LogP contribution in [0, 0.1) is 13.8 Å². The molecule has 0 heterocycles. The Morgan fingerprint density at radius 1 is 1.13 bits per heavy atom. The highest BCUT2D eigenvalue weighted by Gasteiger charge is 2.05. The van der Waals surface area contributed by atoms with Crippen LogP contribution >= 0.6 is 0 Å². The van der Waals surface area contributed by atoms with Gasteiger partial charge < -0.3 is 5.11 Å². The minimum Gasteiger partial charge on any atom is -0.478 e. The summed E-state index contributed by atoms with van der Waals surface area (Å²) >= 11 is 0. The molecular weight excluding hydrogens is 188 g/mol. The van der Waals surface area contributed by atoms with Gasteiger partial charge in [0.2, 0.25) is 0 Å². The summed E-state index contributed by atoms with van der Waals surface area (Å²) in [4.78, 5) is 10.8. The number of rotatable bonds is 1. The van der Waals surface area contributed by atoms with Gasteiger partial charge in [-0.1, -0.05) is 18.2 Å². The van der Waals surface area contributed by atoms with E-state index in [1.54, 1.807) is 12.1 Å². The molecule has 0 spiro atoms. The molecule has 15 heavy (non-hydrogen) atoms. The van der Waals surface area contributed by atoms with Gasteiger partial charge in [0, 0.05) is 0 Å². The maximum atomic E-state index is 10.8. The monoisotopic (exact) mass is 200 g/mol. The smallest absolute Gasteiger partial charge is 0.335 e. The molecule has 0 saturated heterocycles. The molecule has 0 bridgehead atoms. The Morgan fingerprint density at radius 3 is 2.53 bits per heavy atom. The summed E-state index contributed by atoms with van der Waals surface area (Å²) in [6.07, 6.45) is 0. The van der Waals surface area contributed by atoms with Crippen molar-refractivity contribution in [3.05, 3.63) is 47.0 Å². The van der Waals surface area contributed by atoms with Gasteiger partial charge in [0.15, 0.2) is 0 Å². The highest BCUT2D eigenvalue weighted by atomic mass is 16.4. The predicted octanol–water partition coefficient (Wildman–Crippen LogP) is 3.15. The van der Waals surface area contributed by atoms with E-state index in [0.717, 1.165) is 10.8 Å². The van der Waals surface area contributed by atoms with Gasteiger partial charge in [0.05, 0.1) is 5.56 Å². The largest absolute Gasteiger partial charge is 0.478 e. The van der Waals surface area contributed by atoms with Crippen molar-refractivity contribution < 1.29 is 9.90 Å². The fourth-order valence-corrected chi connectivity index (χ4v) is 1.73. The van der Waals surface area contributed by atoms with Crippen molar-refractivity contribution in [2.45, 2.75) is 13.8 Å². The molecular formula is C13H12O2. The zero-order valence-corrected chi connectivity index (χ0v) is 8.74. The van der Waals surface area contributed by atoms with Gasteiger partial charge in [-0.2, -0.15) is 0 Å². The van der Waals surface area contributed by atoms with Gasteiger partial charge in [-0.15, -0.1) is 0 Å². The van der Waals surface area contributed by atoms with Gasteiger partial charge in [-0.25, -0.2) is 4.79 Å². The topological polar surface area (TPSA) is 37.3 Å². The fourth-order valence-electron chi connectivity index (χ4n) is 1.73. The van der Waals surface area contributed by atoms with Gasteiger partial charge >= 0.3 is 5.97 Å². The number of fused-ring (bicyclic) bond motifs is 1. The van der Waals surface area contributed by atoms with Crippen molar-refractivity contribution in [3.63, 3.8) is 0 Å². The summed E-state index contributed by atoms with van der Waals surface area (Å²) in [7, 11) is 0. The Kier molecular flexibility index (Phi) is 2.19. The Balaban J connectivity index is 2.75. The van der Waals surface area contributed by atoms with Gasteiger partial charge in [0.1, 0.15) is 0 Å². The summed E-state index contributed by atoms with van der Waals surface area (Å²) in [5.74, 6) is -0.880. The van der Waals surface area contributed by atoms with Crippen LogP contribution in [0.3, 0.4) is 0 Å². The minimum absolute atomic E-state index is 0.339. The lowest BCUT2D eigenvalue weighted by Crippen LogP contribution is -1.95. The fraction of sp³-hybridized carbons (Fsp3) is 0.154. The molecule has 0 radical (unpaired) electrons. The van der Waals surface area contributed by atoms with Crippen molar-refractivity contribution >= 4 is 16.7 Å². The van der Waals surface area contributed by atoms with Crippen LogP contribution < -0.4 is 0 Å². The number of carboxylic acid groups (broad SMARTS) is 1. The maximum absolute atomic E-state index is 10.8. The summed E-state index contributed by atoms with van der Waals surface area (Å²) < 4.78 is 0. The van der Waals surface area contributed by atoms with Crippen molar-refractivity contribution in [1.29, 1.82) is 0 Å². The molecule has 0 unspecified atom stereocenters. The van der Waals surface area contributed by atoms with E-state index in [9.17, 15) is 4.79 Å². The van der Waals surface area contributed by atoms with Crippen LogP contribution in [-0.2, 0) is 0 Å². The summed E-state index contributed by atoms with van der Waals surface area (Å²) in [6, 6.07) is 9.22. The molecule has 2 nitrogen and oxygen atoms in total. The molecule has 0 atom stereocenters. The lowest BCUT2D eigenvalue weighted by molar-refractivity contribution is 0.0697. The predicted molar refractivity (Wildman–Crippen MR) is 60.4 cm³/mol. The molecule has 0 fully saturated rings. The third kappa shape index (κ3) is 1.59. The van der Waals surface area contributed by atoms with Crippen molar-refractivity contribution in [1.82, 2.24) is 0 Å². The van der Waals surface area contributed by atoms with Crippen LogP contribution in [0.1, 0.15) is 21.5 Å². The second-order valence-electron chi connectivity index (χ2n) is 3.75. The van der Waals surface area contributed by atoms with Crippen molar-refractivity contribution in [3.8, 4) is 0 Å². The Morgan fingerprint density at radius 2 is 1.87 bits per heavy atom. The second-order valence-corrected chi connectivity index (χ2v) is 3.75. The van der Waals surface area contributed by atoms with Crippen LogP contribution in [0.4, 0.5) is 0 Å². The third-order valence-corrected chi connectivity index (χ3v) is 2.81. The quantitative estimate of drug-likeness (QED) is 0.767. The van der Waals surface area contributed by atoms with Gasteiger partial charge in [0.25, 0.3) is 0 Å². The van der Waals surface area contributed by atoms with Crippen LogP contribution in [0.15, 0.2) is 30.3 Å². The Labute approximate surface area is 88.2 Å². The number of benzene rings is 2. The third-order valence-electron chi connectivity index (χ3n) is 2.81. The Hall–Kier alpha value is -1.83. The average Bonchev–Trinajstić information content (AvgIpc) is 2.23. The zero-order chi connectivity index (χ0) is 11.0. The first-order valence-corrected chi connectivity index (χ1v) is 4.83. The van der Waals surface area contributed by atoms with E-state index in [4.69, 9.17) is 5.11 Å². The molecule has 76 valence electrons. The average molecular weight is 200 g/mol. The molecule has 0 saturated carbocycles. The molecule has 0 aliphatic heterocycles. The highest BCUT2D eigenvalue weighted by Crippen LogP contribution is 2.22. The number of aryl methyl sites for hydroxylation is 2. The maximum Gasteiger partial charge on any atom is 0.335 e. The number of carbonyl (C=O) groups is 1. The van der Waals surface area contributed by atoms with E-state index in [1.807, 2.05) is 18.2 Å². The molecule has 0 aliphatic carbocycles. The lowest BCUT2D eigenvalue weighted by atomic mass is 9.99. The molecule has 2 aromatic rings. The van der Waals surface area contributed by atoms with E-state index in [-0.39, 0.29) is 0 Å². The van der Waals surface area contributed by atoms with Gasteiger partial charge in [-0.3, -0.25) is 0 Å². The van der Waals surface area contributed by atoms with Crippen LogP contribution in [0.2, 0.25) is 0 Å². The molecule has 2 rings (SSSR count). The van der Waals surface area contributed by atoms with Crippen molar-refractivity contribution in [2.75, 3.05) is 0 Å². The molecule has 0 amide bonds. The van der Waals surface area contributed by atoms with E-state index < -0.39 is 5.97 Å². The standard InChI is InChI=1S/C13H12O2/c1-8-3-4-10-7-11(13(14)15)5-6-12(10)9(8)2/h3-7H,1-2H3,(H,14,15). The highest BCUT2D eigenvalue weighted by molar-refractivity contribution is 5.95. The lowest BCUT2D eigenvalue weighted by Gasteiger charge is -2.06. The van der Waals surface area contributed by atoms with E-state index in [1.165, 1.54) is 11.1 Å². The van der Waals surface area contributed by atoms with Crippen LogP contribution in [0.25, 0.3) is 10.8 Å². The molecule has 1 N–H and O–H groups in total. The van der Waals surface area contributed by atoms with Crippen LogP contribution in [0.5, 0.6) is 0 Å². The Bertz CT molecular complexity index is 541. The first kappa shape index (κ1) is 9.71. The van der Waals surface area contributed by atoms with E-state index in [0.29, 0.717) is 5.56 Å². The minimum atomic E-state index is -0.880. The van der Waals surface area contributed by atoms with Crippen molar-refractivity contribution in [2.24, 2.45) is 0 Å². The first-order valence-electron chi connectivity index (χ1n) is 4.83. The number of aromatic carboxylic acids is 1. The first-order chi connectivity index (χ1) is 7.09. The van der Waals surface area contributed by atoms with E-state index in [2.05, 4.69) is 13.8 Å². The molecule has 0 aromatic heterocycles. The SMILES string of the molecule is Cc1ccc2cc(C(=O)O)ccc2c1C. The number of carboxylic acids is 1. The summed E-state index contributed by atoms with van der Waals surface area (Å²) in [5.41, 5.74) is 2.78. The molecule has 0 aliphatic rings. The molecule has 2 heteroatoms. The zero-order valence-electron chi connectivity index (χ0n) is 8.74. The molecule has 2 aromatic carbocycles. The second kappa shape index (κ2) is 3.39. The number of hydrogen-bond donors (Lipinski definition) is 1. The summed E-state index contributed by atoms with van der Waals surface area (Å²) in [5, 5.41) is 11.0. The normalized spacial score (nSPS) is 10.5. The number of hydrogen-bond acceptors (Lipinski definition) is 1. The summed E-state index contributed by atoms with van der Waals surface area (Å²) in [6.45, 7) is 4.11. The van der Waals surface area contributed by atoms with Gasteiger partial charge in [-0.05, 0) is 47.9 Å². The van der Waals surface area contributed by atoms with Crippen LogP contribution in [-0.4, -0.2) is 11.1 Å². The van der Waals surface area contributed by atoms with E-state index >= 15 is 0 Å².